The van der Waals surface area contributed by atoms with Crippen molar-refractivity contribution in [1.29, 1.82) is 0 Å². The van der Waals surface area contributed by atoms with Crippen LogP contribution in [0.5, 0.6) is 0 Å². The minimum Gasteiger partial charge on any atom is -0.394 e. The number of nitro benzene ring substituents is 1. The summed E-state index contributed by atoms with van der Waals surface area (Å²) in [6.45, 7) is 2.11. The molecule has 0 spiro atoms. The van der Waals surface area contributed by atoms with E-state index in [4.69, 9.17) is 0 Å². The van der Waals surface area contributed by atoms with Gasteiger partial charge in [-0.05, 0) is 38.3 Å². The molecule has 1 saturated heterocycles. The summed E-state index contributed by atoms with van der Waals surface area (Å²) in [6.07, 6.45) is 2.92. The number of carbonyl (C=O) groups excluding carboxylic acids is 1. The highest BCUT2D eigenvalue weighted by Crippen LogP contribution is 2.30. The Kier molecular flexibility index (Phi) is 4.34. The summed E-state index contributed by atoms with van der Waals surface area (Å²) < 4.78 is 0. The third kappa shape index (κ3) is 2.80. The van der Waals surface area contributed by atoms with E-state index in [9.17, 15) is 20.0 Å². The van der Waals surface area contributed by atoms with Gasteiger partial charge in [-0.2, -0.15) is 0 Å². The molecule has 0 saturated carbocycles. The van der Waals surface area contributed by atoms with Crippen molar-refractivity contribution in [3.63, 3.8) is 0 Å². The van der Waals surface area contributed by atoms with Crippen molar-refractivity contribution in [3.05, 3.63) is 33.9 Å². The van der Waals surface area contributed by atoms with Gasteiger partial charge in [0.15, 0.2) is 5.78 Å². The number of nitrogens with zero attached hydrogens (tertiary/aromatic N) is 2. The van der Waals surface area contributed by atoms with Crippen LogP contribution in [0.3, 0.4) is 0 Å². The first kappa shape index (κ1) is 14.5. The number of hydrogen-bond acceptors (Lipinski definition) is 5. The van der Waals surface area contributed by atoms with Gasteiger partial charge in [-0.1, -0.05) is 0 Å². The number of rotatable bonds is 4. The lowest BCUT2D eigenvalue weighted by Gasteiger charge is -2.36. The van der Waals surface area contributed by atoms with Crippen LogP contribution in [0.4, 0.5) is 11.4 Å². The lowest BCUT2D eigenvalue weighted by Crippen LogP contribution is -2.41. The van der Waals surface area contributed by atoms with E-state index in [1.807, 2.05) is 4.90 Å². The van der Waals surface area contributed by atoms with Crippen LogP contribution in [-0.4, -0.2) is 35.0 Å². The molecule has 0 aliphatic carbocycles. The molecule has 0 bridgehead atoms. The molecule has 20 heavy (non-hydrogen) atoms. The van der Waals surface area contributed by atoms with E-state index in [-0.39, 0.29) is 29.7 Å². The fourth-order valence-corrected chi connectivity index (χ4v) is 2.68. The number of carbonyl (C=O) groups is 1. The zero-order valence-electron chi connectivity index (χ0n) is 11.4. The molecule has 1 fully saturated rings. The second-order valence-corrected chi connectivity index (χ2v) is 5.04. The van der Waals surface area contributed by atoms with Gasteiger partial charge in [-0.3, -0.25) is 14.9 Å². The number of aliphatic hydroxyl groups is 1. The van der Waals surface area contributed by atoms with E-state index >= 15 is 0 Å². The molecule has 0 amide bonds. The highest BCUT2D eigenvalue weighted by molar-refractivity contribution is 5.98. The second kappa shape index (κ2) is 6.00. The van der Waals surface area contributed by atoms with Crippen molar-refractivity contribution in [2.24, 2.45) is 0 Å². The minimum atomic E-state index is -0.530. The summed E-state index contributed by atoms with van der Waals surface area (Å²) in [7, 11) is 0. The summed E-state index contributed by atoms with van der Waals surface area (Å²) in [5.41, 5.74) is 0.647. The first-order valence-corrected chi connectivity index (χ1v) is 6.71. The van der Waals surface area contributed by atoms with E-state index in [0.717, 1.165) is 25.8 Å². The maximum atomic E-state index is 11.4. The Labute approximate surface area is 117 Å². The second-order valence-electron chi connectivity index (χ2n) is 5.04. The Morgan fingerprint density at radius 3 is 2.85 bits per heavy atom. The fourth-order valence-electron chi connectivity index (χ4n) is 2.68. The number of Topliss-reactive ketones (excluding diaryl/α,β-unsaturated/α-hetero) is 1. The van der Waals surface area contributed by atoms with Crippen molar-refractivity contribution < 1.29 is 14.8 Å². The van der Waals surface area contributed by atoms with Gasteiger partial charge < -0.3 is 10.0 Å². The van der Waals surface area contributed by atoms with Gasteiger partial charge in [0.05, 0.1) is 23.1 Å². The average molecular weight is 278 g/mol. The lowest BCUT2D eigenvalue weighted by atomic mass is 10.0. The van der Waals surface area contributed by atoms with Gasteiger partial charge in [-0.15, -0.1) is 0 Å². The molecule has 1 aromatic rings. The topological polar surface area (TPSA) is 83.7 Å². The van der Waals surface area contributed by atoms with E-state index in [1.54, 1.807) is 6.07 Å². The molecule has 1 atom stereocenters. The standard InChI is InChI=1S/C14H18N2O4/c1-10(18)13-6-5-11(8-14(13)16(19)20)15-7-3-2-4-12(15)9-17/h5-6,8,12,17H,2-4,7,9H2,1H3. The fraction of sp³-hybridized carbons (Fsp3) is 0.500. The number of anilines is 1. The van der Waals surface area contributed by atoms with Gasteiger partial charge in [0.1, 0.15) is 0 Å². The molecule has 0 aromatic heterocycles. The predicted molar refractivity (Wildman–Crippen MR) is 75.2 cm³/mol. The molecular weight excluding hydrogens is 260 g/mol. The first-order chi connectivity index (χ1) is 9.54. The van der Waals surface area contributed by atoms with Crippen LogP contribution in [0.15, 0.2) is 18.2 Å². The number of nitro groups is 1. The third-order valence-corrected chi connectivity index (χ3v) is 3.73. The Bertz CT molecular complexity index is 530. The maximum absolute atomic E-state index is 11.4. The Hall–Kier alpha value is -1.95. The van der Waals surface area contributed by atoms with Crippen LogP contribution in [0.1, 0.15) is 36.5 Å². The van der Waals surface area contributed by atoms with E-state index in [1.165, 1.54) is 19.1 Å². The summed E-state index contributed by atoms with van der Waals surface area (Å²) in [5.74, 6) is -0.319. The molecule has 6 nitrogen and oxygen atoms in total. The monoisotopic (exact) mass is 278 g/mol. The zero-order chi connectivity index (χ0) is 14.7. The zero-order valence-corrected chi connectivity index (χ0v) is 11.4. The molecule has 1 heterocycles. The van der Waals surface area contributed by atoms with Crippen LogP contribution in [0.25, 0.3) is 0 Å². The predicted octanol–water partition coefficient (Wildman–Crippen LogP) is 2.15. The average Bonchev–Trinajstić information content (AvgIpc) is 2.46. The highest BCUT2D eigenvalue weighted by Gasteiger charge is 2.25. The highest BCUT2D eigenvalue weighted by atomic mass is 16.6. The molecule has 1 aliphatic heterocycles. The number of benzene rings is 1. The summed E-state index contributed by atoms with van der Waals surface area (Å²) >= 11 is 0. The normalized spacial score (nSPS) is 18.9. The van der Waals surface area contributed by atoms with Crippen molar-refractivity contribution >= 4 is 17.2 Å². The molecular formula is C14H18N2O4. The molecule has 6 heteroatoms. The summed E-state index contributed by atoms with van der Waals surface area (Å²) in [4.78, 5) is 24.0. The Balaban J connectivity index is 2.39. The first-order valence-electron chi connectivity index (χ1n) is 6.71. The van der Waals surface area contributed by atoms with Crippen molar-refractivity contribution in [1.82, 2.24) is 0 Å². The number of aliphatic hydroxyl groups excluding tert-OH is 1. The van der Waals surface area contributed by atoms with Crippen LogP contribution < -0.4 is 4.90 Å². The van der Waals surface area contributed by atoms with Crippen molar-refractivity contribution in [2.75, 3.05) is 18.1 Å². The van der Waals surface area contributed by atoms with Gasteiger partial charge in [0.25, 0.3) is 5.69 Å². The van der Waals surface area contributed by atoms with Crippen LogP contribution in [-0.2, 0) is 0 Å². The van der Waals surface area contributed by atoms with E-state index in [2.05, 4.69) is 0 Å². The molecule has 1 unspecified atom stereocenters. The lowest BCUT2D eigenvalue weighted by molar-refractivity contribution is -0.385. The molecule has 1 aromatic carbocycles. The molecule has 1 aliphatic rings. The number of piperidine rings is 1. The van der Waals surface area contributed by atoms with Crippen LogP contribution in [0.2, 0.25) is 0 Å². The molecule has 1 N–H and O–H groups in total. The maximum Gasteiger partial charge on any atom is 0.282 e. The SMILES string of the molecule is CC(=O)c1ccc(N2CCCCC2CO)cc1[N+](=O)[O-]. The molecule has 0 radical (unpaired) electrons. The molecule has 2 rings (SSSR count). The quantitative estimate of drug-likeness (QED) is 0.518. The largest absolute Gasteiger partial charge is 0.394 e. The van der Waals surface area contributed by atoms with E-state index in [0.29, 0.717) is 5.69 Å². The van der Waals surface area contributed by atoms with Gasteiger partial charge in [0.2, 0.25) is 0 Å². The Morgan fingerprint density at radius 1 is 1.50 bits per heavy atom. The van der Waals surface area contributed by atoms with Crippen molar-refractivity contribution in [3.8, 4) is 0 Å². The number of ketones is 1. The van der Waals surface area contributed by atoms with Crippen LogP contribution in [0, 0.1) is 10.1 Å². The number of hydrogen-bond donors (Lipinski definition) is 1. The summed E-state index contributed by atoms with van der Waals surface area (Å²) in [6, 6.07) is 4.65. The molecule has 108 valence electrons. The third-order valence-electron chi connectivity index (χ3n) is 3.73. The van der Waals surface area contributed by atoms with Crippen molar-refractivity contribution in [2.45, 2.75) is 32.2 Å². The van der Waals surface area contributed by atoms with Crippen LogP contribution >= 0.6 is 0 Å². The summed E-state index contributed by atoms with van der Waals surface area (Å²) in [5, 5.41) is 20.5. The van der Waals surface area contributed by atoms with Gasteiger partial charge in [0, 0.05) is 18.3 Å². The smallest absolute Gasteiger partial charge is 0.282 e. The van der Waals surface area contributed by atoms with Gasteiger partial charge in [-0.25, -0.2) is 0 Å². The Morgan fingerprint density at radius 2 is 2.25 bits per heavy atom. The minimum absolute atomic E-state index is 0.00784. The van der Waals surface area contributed by atoms with E-state index < -0.39 is 4.92 Å². The van der Waals surface area contributed by atoms with Gasteiger partial charge >= 0.3 is 0 Å².